The lowest BCUT2D eigenvalue weighted by atomic mass is 10.2. The van der Waals surface area contributed by atoms with Crippen molar-refractivity contribution in [3.05, 3.63) is 27.2 Å². The first-order chi connectivity index (χ1) is 6.91. The fraction of sp³-hybridized carbons (Fsp3) is 0.300. The molecule has 5 heteroatoms. The summed E-state index contributed by atoms with van der Waals surface area (Å²) in [5, 5.41) is 9.07. The van der Waals surface area contributed by atoms with Crippen LogP contribution >= 0.6 is 27.5 Å². The van der Waals surface area contributed by atoms with E-state index in [9.17, 15) is 4.79 Å². The molecule has 82 valence electrons. The number of rotatable bonds is 3. The van der Waals surface area contributed by atoms with Crippen LogP contribution in [0.1, 0.15) is 24.2 Å². The fourth-order valence-electron chi connectivity index (χ4n) is 1.03. The predicted octanol–water partition coefficient (Wildman–Crippen LogP) is 3.59. The number of hydrogen-bond acceptors (Lipinski definition) is 2. The maximum Gasteiger partial charge on any atom is 0.335 e. The van der Waals surface area contributed by atoms with Gasteiger partial charge >= 0.3 is 5.97 Å². The highest BCUT2D eigenvalue weighted by molar-refractivity contribution is 9.10. The van der Waals surface area contributed by atoms with Gasteiger partial charge in [-0.25, -0.2) is 4.79 Å². The Hall–Kier alpha value is -0.740. The van der Waals surface area contributed by atoms with Crippen molar-refractivity contribution >= 4 is 33.5 Å². The van der Waals surface area contributed by atoms with E-state index < -0.39 is 5.97 Å². The molecular formula is C10H10BrClO3. The normalized spacial score (nSPS) is 10.5. The van der Waals surface area contributed by atoms with Crippen LogP contribution in [0.25, 0.3) is 0 Å². The summed E-state index contributed by atoms with van der Waals surface area (Å²) in [7, 11) is 0. The molecule has 0 atom stereocenters. The highest BCUT2D eigenvalue weighted by Crippen LogP contribution is 2.35. The van der Waals surface area contributed by atoms with E-state index in [1.165, 1.54) is 12.1 Å². The lowest BCUT2D eigenvalue weighted by molar-refractivity contribution is 0.0697. The van der Waals surface area contributed by atoms with Crippen LogP contribution in [0, 0.1) is 0 Å². The van der Waals surface area contributed by atoms with Gasteiger partial charge in [0, 0.05) is 0 Å². The van der Waals surface area contributed by atoms with Gasteiger partial charge in [0.1, 0.15) is 0 Å². The Morgan fingerprint density at radius 3 is 2.53 bits per heavy atom. The van der Waals surface area contributed by atoms with Crippen LogP contribution < -0.4 is 4.74 Å². The summed E-state index contributed by atoms with van der Waals surface area (Å²) < 4.78 is 5.98. The van der Waals surface area contributed by atoms with E-state index in [0.717, 1.165) is 0 Å². The van der Waals surface area contributed by atoms with Crippen LogP contribution in [0.2, 0.25) is 5.02 Å². The molecule has 0 spiro atoms. The van der Waals surface area contributed by atoms with Crippen molar-refractivity contribution in [2.75, 3.05) is 0 Å². The third kappa shape index (κ3) is 3.11. The number of carboxylic acid groups (broad SMARTS) is 1. The Labute approximate surface area is 101 Å². The standard InChI is InChI=1S/C10H10BrClO3/c1-5(2)15-9-7(11)3-6(10(13)14)4-8(9)12/h3-5H,1-2H3,(H,13,14). The molecular weight excluding hydrogens is 283 g/mol. The molecule has 0 saturated heterocycles. The smallest absolute Gasteiger partial charge is 0.335 e. The molecule has 1 rings (SSSR count). The second kappa shape index (κ2) is 4.86. The van der Waals surface area contributed by atoms with Crippen molar-refractivity contribution < 1.29 is 14.6 Å². The minimum Gasteiger partial charge on any atom is -0.488 e. The maximum atomic E-state index is 10.7. The zero-order chi connectivity index (χ0) is 11.6. The van der Waals surface area contributed by atoms with Crippen molar-refractivity contribution in [1.29, 1.82) is 0 Å². The Balaban J connectivity index is 3.15. The van der Waals surface area contributed by atoms with Gasteiger partial charge in [-0.1, -0.05) is 11.6 Å². The maximum absolute atomic E-state index is 10.7. The molecule has 1 N–H and O–H groups in total. The number of ether oxygens (including phenoxy) is 1. The van der Waals surface area contributed by atoms with Gasteiger partial charge in [0.15, 0.2) is 5.75 Å². The molecule has 0 heterocycles. The summed E-state index contributed by atoms with van der Waals surface area (Å²) in [6.45, 7) is 3.74. The van der Waals surface area contributed by atoms with Gasteiger partial charge in [-0.3, -0.25) is 0 Å². The number of aromatic carboxylic acids is 1. The monoisotopic (exact) mass is 292 g/mol. The van der Waals surface area contributed by atoms with Gasteiger partial charge in [0.05, 0.1) is 21.2 Å². The van der Waals surface area contributed by atoms with Gasteiger partial charge in [-0.15, -0.1) is 0 Å². The Kier molecular flexibility index (Phi) is 3.99. The Morgan fingerprint density at radius 1 is 1.53 bits per heavy atom. The second-order valence-electron chi connectivity index (χ2n) is 3.24. The molecule has 0 saturated carbocycles. The minimum atomic E-state index is -1.02. The molecule has 0 fully saturated rings. The number of halogens is 2. The van der Waals surface area contributed by atoms with Crippen molar-refractivity contribution in [1.82, 2.24) is 0 Å². The van der Waals surface area contributed by atoms with Crippen LogP contribution in [-0.2, 0) is 0 Å². The Morgan fingerprint density at radius 2 is 2.13 bits per heavy atom. The molecule has 0 amide bonds. The quantitative estimate of drug-likeness (QED) is 0.926. The summed E-state index contributed by atoms with van der Waals surface area (Å²) in [6.07, 6.45) is -0.0190. The molecule has 0 unspecified atom stereocenters. The summed E-state index contributed by atoms with van der Waals surface area (Å²) in [5.41, 5.74) is 0.128. The van der Waals surface area contributed by atoms with Gasteiger partial charge in [0.2, 0.25) is 0 Å². The van der Waals surface area contributed by atoms with Crippen LogP contribution in [0.15, 0.2) is 16.6 Å². The molecule has 0 aliphatic rings. The van der Waals surface area contributed by atoms with E-state index in [2.05, 4.69) is 15.9 Å². The molecule has 1 aromatic carbocycles. The van der Waals surface area contributed by atoms with E-state index in [4.69, 9.17) is 21.4 Å². The molecule has 15 heavy (non-hydrogen) atoms. The van der Waals surface area contributed by atoms with E-state index in [-0.39, 0.29) is 16.7 Å². The molecule has 0 radical (unpaired) electrons. The van der Waals surface area contributed by atoms with E-state index in [0.29, 0.717) is 10.2 Å². The summed E-state index contributed by atoms with van der Waals surface area (Å²) >= 11 is 9.13. The number of carbonyl (C=O) groups is 1. The molecule has 0 aliphatic carbocycles. The topological polar surface area (TPSA) is 46.5 Å². The second-order valence-corrected chi connectivity index (χ2v) is 4.50. The largest absolute Gasteiger partial charge is 0.488 e. The average molecular weight is 294 g/mol. The van der Waals surface area contributed by atoms with Gasteiger partial charge in [-0.2, -0.15) is 0 Å². The zero-order valence-corrected chi connectivity index (χ0v) is 10.6. The van der Waals surface area contributed by atoms with E-state index >= 15 is 0 Å². The average Bonchev–Trinajstić information content (AvgIpc) is 2.10. The first-order valence-corrected chi connectivity index (χ1v) is 5.48. The molecule has 0 aliphatic heterocycles. The molecule has 1 aromatic rings. The van der Waals surface area contributed by atoms with Crippen molar-refractivity contribution in [3.63, 3.8) is 0 Å². The minimum absolute atomic E-state index is 0.0190. The lowest BCUT2D eigenvalue weighted by Crippen LogP contribution is -2.07. The van der Waals surface area contributed by atoms with Crippen molar-refractivity contribution in [3.8, 4) is 5.75 Å². The van der Waals surface area contributed by atoms with Crippen molar-refractivity contribution in [2.45, 2.75) is 20.0 Å². The summed E-state index contributed by atoms with van der Waals surface area (Å²) in [4.78, 5) is 10.7. The molecule has 3 nitrogen and oxygen atoms in total. The zero-order valence-electron chi connectivity index (χ0n) is 8.25. The van der Waals surface area contributed by atoms with Crippen LogP contribution in [0.4, 0.5) is 0 Å². The SMILES string of the molecule is CC(C)Oc1c(Cl)cc(C(=O)O)cc1Br. The first-order valence-electron chi connectivity index (χ1n) is 4.30. The summed E-state index contributed by atoms with van der Waals surface area (Å²) in [6, 6.07) is 2.83. The predicted molar refractivity (Wildman–Crippen MR) is 61.9 cm³/mol. The van der Waals surface area contributed by atoms with Crippen LogP contribution in [0.3, 0.4) is 0 Å². The van der Waals surface area contributed by atoms with Crippen LogP contribution in [0.5, 0.6) is 5.75 Å². The number of hydrogen-bond donors (Lipinski definition) is 1. The van der Waals surface area contributed by atoms with Gasteiger partial charge < -0.3 is 9.84 Å². The van der Waals surface area contributed by atoms with E-state index in [1.54, 1.807) is 0 Å². The Bertz CT molecular complexity index is 367. The first kappa shape index (κ1) is 12.3. The highest BCUT2D eigenvalue weighted by atomic mass is 79.9. The number of carboxylic acids is 1. The fourth-order valence-corrected chi connectivity index (χ4v) is 1.96. The third-order valence-electron chi connectivity index (χ3n) is 1.60. The highest BCUT2D eigenvalue weighted by Gasteiger charge is 2.13. The van der Waals surface area contributed by atoms with Crippen molar-refractivity contribution in [2.24, 2.45) is 0 Å². The lowest BCUT2D eigenvalue weighted by Gasteiger charge is -2.13. The van der Waals surface area contributed by atoms with Gasteiger partial charge in [0.25, 0.3) is 0 Å². The number of benzene rings is 1. The van der Waals surface area contributed by atoms with Gasteiger partial charge in [-0.05, 0) is 41.9 Å². The molecule has 0 bridgehead atoms. The molecule has 0 aromatic heterocycles. The summed E-state index contributed by atoms with van der Waals surface area (Å²) in [5.74, 6) is -0.551. The third-order valence-corrected chi connectivity index (χ3v) is 2.47. The van der Waals surface area contributed by atoms with Crippen LogP contribution in [-0.4, -0.2) is 17.2 Å². The van der Waals surface area contributed by atoms with E-state index in [1.807, 2.05) is 13.8 Å².